The molecule has 0 bridgehead atoms. The minimum Gasteiger partial charge on any atom is -0.380 e. The normalized spacial score (nSPS) is 25.3. The molecule has 0 aromatic rings. The van der Waals surface area contributed by atoms with Gasteiger partial charge in [0.2, 0.25) is 5.91 Å². The van der Waals surface area contributed by atoms with Crippen LogP contribution in [0.1, 0.15) is 47.0 Å². The molecule has 3 atom stereocenters. The van der Waals surface area contributed by atoms with Crippen LogP contribution < -0.4 is 10.6 Å². The van der Waals surface area contributed by atoms with Gasteiger partial charge in [0.15, 0.2) is 0 Å². The number of piperidine rings is 1. The second-order valence-electron chi connectivity index (χ2n) is 5.82. The van der Waals surface area contributed by atoms with Crippen LogP contribution in [0.15, 0.2) is 0 Å². The molecule has 1 amide bonds. The standard InChI is InChI=1S/C15H30N2O2/c1-5-12-7-8-16-13(9-12)15(18)17-14(11(3)4)10-19-6-2/h11-14,16H,5-10H2,1-4H3,(H,17,18). The number of hydrogen-bond acceptors (Lipinski definition) is 3. The largest absolute Gasteiger partial charge is 0.380 e. The Balaban J connectivity index is 2.46. The summed E-state index contributed by atoms with van der Waals surface area (Å²) in [5.74, 6) is 1.21. The Hall–Kier alpha value is -0.610. The molecule has 4 heteroatoms. The second-order valence-corrected chi connectivity index (χ2v) is 5.82. The molecule has 112 valence electrons. The van der Waals surface area contributed by atoms with Crippen molar-refractivity contribution >= 4 is 5.91 Å². The first-order valence-electron chi connectivity index (χ1n) is 7.69. The van der Waals surface area contributed by atoms with Crippen LogP contribution in [0.2, 0.25) is 0 Å². The van der Waals surface area contributed by atoms with E-state index in [2.05, 4.69) is 31.4 Å². The van der Waals surface area contributed by atoms with Gasteiger partial charge in [0, 0.05) is 6.61 Å². The Morgan fingerprint density at radius 3 is 2.74 bits per heavy atom. The van der Waals surface area contributed by atoms with Gasteiger partial charge in [-0.1, -0.05) is 27.2 Å². The van der Waals surface area contributed by atoms with Gasteiger partial charge in [-0.25, -0.2) is 0 Å². The lowest BCUT2D eigenvalue weighted by molar-refractivity contribution is -0.125. The van der Waals surface area contributed by atoms with Crippen molar-refractivity contribution in [3.05, 3.63) is 0 Å². The molecular formula is C15H30N2O2. The van der Waals surface area contributed by atoms with Crippen molar-refractivity contribution < 1.29 is 9.53 Å². The Bertz CT molecular complexity index is 269. The van der Waals surface area contributed by atoms with Gasteiger partial charge in [-0.3, -0.25) is 4.79 Å². The Kier molecular flexibility index (Phi) is 7.39. The van der Waals surface area contributed by atoms with E-state index in [0.717, 1.165) is 19.4 Å². The summed E-state index contributed by atoms with van der Waals surface area (Å²) < 4.78 is 5.45. The summed E-state index contributed by atoms with van der Waals surface area (Å²) in [5, 5.41) is 6.47. The summed E-state index contributed by atoms with van der Waals surface area (Å²) in [6.07, 6.45) is 3.31. The molecule has 2 N–H and O–H groups in total. The molecule has 0 aromatic carbocycles. The van der Waals surface area contributed by atoms with Gasteiger partial charge in [0.25, 0.3) is 0 Å². The highest BCUT2D eigenvalue weighted by molar-refractivity contribution is 5.82. The van der Waals surface area contributed by atoms with Crippen molar-refractivity contribution in [2.45, 2.75) is 59.0 Å². The summed E-state index contributed by atoms with van der Waals surface area (Å²) in [6, 6.07) is 0.0813. The molecular weight excluding hydrogens is 240 g/mol. The van der Waals surface area contributed by atoms with Gasteiger partial charge < -0.3 is 15.4 Å². The summed E-state index contributed by atoms with van der Waals surface area (Å²) in [6.45, 7) is 10.7. The van der Waals surface area contributed by atoms with E-state index in [1.54, 1.807) is 0 Å². The van der Waals surface area contributed by atoms with E-state index >= 15 is 0 Å². The lowest BCUT2D eigenvalue weighted by Gasteiger charge is -2.31. The van der Waals surface area contributed by atoms with Gasteiger partial charge in [0.05, 0.1) is 18.7 Å². The maximum atomic E-state index is 12.3. The zero-order valence-electron chi connectivity index (χ0n) is 12.9. The summed E-state index contributed by atoms with van der Waals surface area (Å²) in [5.41, 5.74) is 0. The van der Waals surface area contributed by atoms with Crippen molar-refractivity contribution in [2.75, 3.05) is 19.8 Å². The molecule has 0 radical (unpaired) electrons. The number of ether oxygens (including phenoxy) is 1. The topological polar surface area (TPSA) is 50.4 Å². The van der Waals surface area contributed by atoms with Gasteiger partial charge in [-0.15, -0.1) is 0 Å². The zero-order valence-corrected chi connectivity index (χ0v) is 12.9. The Morgan fingerprint density at radius 1 is 1.42 bits per heavy atom. The number of carbonyl (C=O) groups is 1. The van der Waals surface area contributed by atoms with Crippen LogP contribution in [0, 0.1) is 11.8 Å². The average molecular weight is 270 g/mol. The van der Waals surface area contributed by atoms with Crippen LogP contribution in [0.3, 0.4) is 0 Å². The molecule has 19 heavy (non-hydrogen) atoms. The molecule has 1 saturated heterocycles. The molecule has 0 spiro atoms. The summed E-state index contributed by atoms with van der Waals surface area (Å²) in [4.78, 5) is 12.3. The van der Waals surface area contributed by atoms with Crippen LogP contribution in [0.25, 0.3) is 0 Å². The molecule has 1 aliphatic rings. The lowest BCUT2D eigenvalue weighted by atomic mass is 9.90. The van der Waals surface area contributed by atoms with Gasteiger partial charge in [0.1, 0.15) is 0 Å². The number of hydrogen-bond donors (Lipinski definition) is 2. The van der Waals surface area contributed by atoms with E-state index in [4.69, 9.17) is 4.74 Å². The van der Waals surface area contributed by atoms with Crippen molar-refractivity contribution in [2.24, 2.45) is 11.8 Å². The lowest BCUT2D eigenvalue weighted by Crippen LogP contribution is -2.53. The van der Waals surface area contributed by atoms with E-state index in [-0.39, 0.29) is 18.0 Å². The van der Waals surface area contributed by atoms with Crippen molar-refractivity contribution in [1.29, 1.82) is 0 Å². The molecule has 0 aromatic heterocycles. The highest BCUT2D eigenvalue weighted by Crippen LogP contribution is 2.19. The monoisotopic (exact) mass is 270 g/mol. The average Bonchev–Trinajstić information content (AvgIpc) is 2.42. The van der Waals surface area contributed by atoms with Crippen molar-refractivity contribution in [3.63, 3.8) is 0 Å². The number of amides is 1. The molecule has 1 heterocycles. The number of rotatable bonds is 7. The predicted molar refractivity (Wildman–Crippen MR) is 78.1 cm³/mol. The summed E-state index contributed by atoms with van der Waals surface area (Å²) in [7, 11) is 0. The van der Waals surface area contributed by atoms with Crippen molar-refractivity contribution in [3.8, 4) is 0 Å². The van der Waals surface area contributed by atoms with Crippen LogP contribution in [-0.4, -0.2) is 37.7 Å². The SMILES string of the molecule is CCOCC(NC(=O)C1CC(CC)CCN1)C(C)C. The number of carbonyl (C=O) groups excluding carboxylic acids is 1. The van der Waals surface area contributed by atoms with Crippen LogP contribution >= 0.6 is 0 Å². The molecule has 1 rings (SSSR count). The van der Waals surface area contributed by atoms with E-state index in [1.807, 2.05) is 6.92 Å². The highest BCUT2D eigenvalue weighted by Gasteiger charge is 2.27. The first-order chi connectivity index (χ1) is 9.08. The maximum absolute atomic E-state index is 12.3. The fourth-order valence-corrected chi connectivity index (χ4v) is 2.50. The van der Waals surface area contributed by atoms with E-state index in [0.29, 0.717) is 25.0 Å². The van der Waals surface area contributed by atoms with Crippen LogP contribution in [0.5, 0.6) is 0 Å². The minimum absolute atomic E-state index is 0.0263. The first-order valence-corrected chi connectivity index (χ1v) is 7.69. The molecule has 1 aliphatic heterocycles. The highest BCUT2D eigenvalue weighted by atomic mass is 16.5. The van der Waals surface area contributed by atoms with Crippen LogP contribution in [-0.2, 0) is 9.53 Å². The molecule has 0 saturated carbocycles. The fourth-order valence-electron chi connectivity index (χ4n) is 2.50. The molecule has 4 nitrogen and oxygen atoms in total. The predicted octanol–water partition coefficient (Wildman–Crippen LogP) is 1.94. The van der Waals surface area contributed by atoms with Crippen molar-refractivity contribution in [1.82, 2.24) is 10.6 Å². The summed E-state index contributed by atoms with van der Waals surface area (Å²) >= 11 is 0. The smallest absolute Gasteiger partial charge is 0.237 e. The van der Waals surface area contributed by atoms with E-state index in [9.17, 15) is 4.79 Å². The maximum Gasteiger partial charge on any atom is 0.237 e. The van der Waals surface area contributed by atoms with Gasteiger partial charge in [-0.05, 0) is 38.1 Å². The fraction of sp³-hybridized carbons (Fsp3) is 0.933. The molecule has 0 aliphatic carbocycles. The third kappa shape index (κ3) is 5.49. The number of nitrogens with one attached hydrogen (secondary N) is 2. The third-order valence-electron chi connectivity index (χ3n) is 4.04. The van der Waals surface area contributed by atoms with Crippen LogP contribution in [0.4, 0.5) is 0 Å². The molecule has 3 unspecified atom stereocenters. The second kappa shape index (κ2) is 8.54. The quantitative estimate of drug-likeness (QED) is 0.743. The third-order valence-corrected chi connectivity index (χ3v) is 4.04. The van der Waals surface area contributed by atoms with E-state index < -0.39 is 0 Å². The first kappa shape index (κ1) is 16.4. The van der Waals surface area contributed by atoms with Gasteiger partial charge in [-0.2, -0.15) is 0 Å². The molecule has 1 fully saturated rings. The minimum atomic E-state index is -0.0263. The Labute approximate surface area is 117 Å². The van der Waals surface area contributed by atoms with E-state index in [1.165, 1.54) is 6.42 Å². The Morgan fingerprint density at radius 2 is 2.16 bits per heavy atom. The zero-order chi connectivity index (χ0) is 14.3. The van der Waals surface area contributed by atoms with Gasteiger partial charge >= 0.3 is 0 Å².